The minimum atomic E-state index is -4.72. The van der Waals surface area contributed by atoms with Crippen LogP contribution in [0.3, 0.4) is 0 Å². The zero-order valence-corrected chi connectivity index (χ0v) is 12.5. The number of hydrogen-bond donors (Lipinski definition) is 1. The Morgan fingerprint density at radius 2 is 2.10 bits per heavy atom. The summed E-state index contributed by atoms with van der Waals surface area (Å²) in [6.07, 6.45) is -6.92. The molecule has 0 saturated carbocycles. The first kappa shape index (κ1) is 16.0. The summed E-state index contributed by atoms with van der Waals surface area (Å²) in [7, 11) is 0. The lowest BCUT2D eigenvalue weighted by molar-refractivity contribution is -0.210. The van der Waals surface area contributed by atoms with Crippen molar-refractivity contribution in [2.45, 2.75) is 31.5 Å². The van der Waals surface area contributed by atoms with Crippen LogP contribution in [0.15, 0.2) is 33.3 Å². The van der Waals surface area contributed by atoms with E-state index in [0.29, 0.717) is 6.42 Å². The first-order valence-electron chi connectivity index (χ1n) is 6.09. The van der Waals surface area contributed by atoms with Crippen molar-refractivity contribution in [1.82, 2.24) is 10.1 Å². The van der Waals surface area contributed by atoms with Crippen molar-refractivity contribution < 1.29 is 22.8 Å². The van der Waals surface area contributed by atoms with Gasteiger partial charge in [-0.1, -0.05) is 40.1 Å². The Balaban J connectivity index is 2.11. The molecule has 0 aliphatic heterocycles. The highest BCUT2D eigenvalue weighted by Gasteiger charge is 2.44. The molecule has 0 bridgehead atoms. The van der Waals surface area contributed by atoms with Crippen LogP contribution in [-0.4, -0.2) is 27.5 Å². The van der Waals surface area contributed by atoms with Crippen LogP contribution in [0, 0.1) is 0 Å². The molecule has 0 saturated heterocycles. The number of rotatable bonds is 4. The van der Waals surface area contributed by atoms with Gasteiger partial charge in [0.05, 0.1) is 5.92 Å². The van der Waals surface area contributed by atoms with Crippen LogP contribution in [0.2, 0.25) is 0 Å². The van der Waals surface area contributed by atoms with Crippen LogP contribution in [-0.2, 0) is 6.42 Å². The van der Waals surface area contributed by atoms with Crippen LogP contribution in [0.5, 0.6) is 0 Å². The molecule has 1 N–H and O–H groups in total. The molecule has 4 nitrogen and oxygen atoms in total. The highest BCUT2D eigenvalue weighted by Crippen LogP contribution is 2.30. The molecule has 0 aliphatic carbocycles. The molecule has 0 amide bonds. The van der Waals surface area contributed by atoms with Gasteiger partial charge in [0.2, 0.25) is 5.89 Å². The maximum atomic E-state index is 12.4. The molecule has 0 fully saturated rings. The summed E-state index contributed by atoms with van der Waals surface area (Å²) in [4.78, 5) is 3.92. The number of aromatic nitrogens is 2. The highest BCUT2D eigenvalue weighted by atomic mass is 79.9. The van der Waals surface area contributed by atoms with Gasteiger partial charge in [-0.3, -0.25) is 0 Å². The highest BCUT2D eigenvalue weighted by molar-refractivity contribution is 9.10. The summed E-state index contributed by atoms with van der Waals surface area (Å²) >= 11 is 3.32. The molecule has 0 spiro atoms. The summed E-state index contributed by atoms with van der Waals surface area (Å²) in [5, 5.41) is 12.8. The first-order valence-corrected chi connectivity index (χ1v) is 6.88. The Labute approximate surface area is 127 Å². The van der Waals surface area contributed by atoms with Crippen molar-refractivity contribution >= 4 is 15.9 Å². The molecule has 1 aromatic carbocycles. The van der Waals surface area contributed by atoms with Gasteiger partial charge in [0.25, 0.3) is 0 Å². The van der Waals surface area contributed by atoms with Crippen molar-refractivity contribution in [2.75, 3.05) is 0 Å². The van der Waals surface area contributed by atoms with Gasteiger partial charge < -0.3 is 9.63 Å². The van der Waals surface area contributed by atoms with Crippen molar-refractivity contribution in [1.29, 1.82) is 0 Å². The quantitative estimate of drug-likeness (QED) is 0.902. The number of alkyl halides is 3. The molecule has 21 heavy (non-hydrogen) atoms. The molecule has 1 heterocycles. The van der Waals surface area contributed by atoms with E-state index in [2.05, 4.69) is 26.1 Å². The van der Waals surface area contributed by atoms with Gasteiger partial charge in [0.15, 0.2) is 11.9 Å². The lowest BCUT2D eigenvalue weighted by Crippen LogP contribution is -2.33. The number of hydrogen-bond acceptors (Lipinski definition) is 4. The summed E-state index contributed by atoms with van der Waals surface area (Å²) in [5.41, 5.74) is 0.890. The van der Waals surface area contributed by atoms with E-state index in [1.54, 1.807) is 0 Å². The van der Waals surface area contributed by atoms with Crippen molar-refractivity contribution in [3.05, 3.63) is 46.0 Å². The standard InChI is InChI=1S/C13H12BrF3N2O2/c1-7(11(20)13(15,16)17)12-18-10(19-21-12)6-8-3-2-4-9(14)5-8/h2-5,7,11,20H,6H2,1H3. The molecule has 0 radical (unpaired) electrons. The largest absolute Gasteiger partial charge is 0.415 e. The van der Waals surface area contributed by atoms with Crippen molar-refractivity contribution in [3.8, 4) is 0 Å². The maximum absolute atomic E-state index is 12.4. The molecule has 114 valence electrons. The van der Waals surface area contributed by atoms with E-state index in [0.717, 1.165) is 10.0 Å². The third kappa shape index (κ3) is 4.04. The number of aliphatic hydroxyl groups is 1. The van der Waals surface area contributed by atoms with Crippen LogP contribution in [0.1, 0.15) is 30.1 Å². The predicted octanol–water partition coefficient (Wildman–Crippen LogP) is 3.45. The van der Waals surface area contributed by atoms with E-state index in [1.807, 2.05) is 24.3 Å². The molecule has 1 aromatic heterocycles. The maximum Gasteiger partial charge on any atom is 0.415 e. The minimum absolute atomic E-state index is 0.232. The number of nitrogens with zero attached hydrogens (tertiary/aromatic N) is 2. The SMILES string of the molecule is CC(c1nc(Cc2cccc(Br)c2)no1)C(O)C(F)(F)F. The van der Waals surface area contributed by atoms with E-state index in [-0.39, 0.29) is 11.7 Å². The normalized spacial score (nSPS) is 15.0. The van der Waals surface area contributed by atoms with Gasteiger partial charge in [-0.25, -0.2) is 0 Å². The van der Waals surface area contributed by atoms with Gasteiger partial charge in [-0.2, -0.15) is 18.2 Å². The van der Waals surface area contributed by atoms with Crippen LogP contribution in [0.25, 0.3) is 0 Å². The molecular formula is C13H12BrF3N2O2. The van der Waals surface area contributed by atoms with Crippen LogP contribution in [0.4, 0.5) is 13.2 Å². The van der Waals surface area contributed by atoms with E-state index in [4.69, 9.17) is 4.52 Å². The summed E-state index contributed by atoms with van der Waals surface area (Å²) < 4.78 is 43.0. The molecular weight excluding hydrogens is 353 g/mol. The fraction of sp³-hybridized carbons (Fsp3) is 0.385. The van der Waals surface area contributed by atoms with Gasteiger partial charge in [-0.05, 0) is 17.7 Å². The second-order valence-corrected chi connectivity index (χ2v) is 5.55. The monoisotopic (exact) mass is 364 g/mol. The fourth-order valence-corrected chi connectivity index (χ4v) is 2.22. The van der Waals surface area contributed by atoms with Crippen LogP contribution >= 0.6 is 15.9 Å². The minimum Gasteiger partial charge on any atom is -0.383 e. The molecule has 2 aromatic rings. The molecule has 8 heteroatoms. The Morgan fingerprint density at radius 1 is 1.38 bits per heavy atom. The lowest BCUT2D eigenvalue weighted by Gasteiger charge is -2.17. The number of halogens is 4. The third-order valence-corrected chi connectivity index (χ3v) is 3.43. The summed E-state index contributed by atoms with van der Waals surface area (Å²) in [5.74, 6) is -1.28. The van der Waals surface area contributed by atoms with Gasteiger partial charge in [0.1, 0.15) is 0 Å². The molecule has 2 rings (SSSR count). The van der Waals surface area contributed by atoms with E-state index < -0.39 is 18.2 Å². The first-order chi connectivity index (χ1) is 9.77. The second kappa shape index (κ2) is 6.15. The van der Waals surface area contributed by atoms with Gasteiger partial charge >= 0.3 is 6.18 Å². The number of aliphatic hydroxyl groups excluding tert-OH is 1. The lowest BCUT2D eigenvalue weighted by atomic mass is 10.0. The van der Waals surface area contributed by atoms with E-state index >= 15 is 0 Å². The third-order valence-electron chi connectivity index (χ3n) is 2.93. The van der Waals surface area contributed by atoms with Gasteiger partial charge in [0, 0.05) is 10.9 Å². The summed E-state index contributed by atoms with van der Waals surface area (Å²) in [6, 6.07) is 7.38. The Hall–Kier alpha value is -1.41. The second-order valence-electron chi connectivity index (χ2n) is 4.63. The number of benzene rings is 1. The Morgan fingerprint density at radius 3 is 2.71 bits per heavy atom. The van der Waals surface area contributed by atoms with E-state index in [1.165, 1.54) is 6.92 Å². The van der Waals surface area contributed by atoms with Crippen molar-refractivity contribution in [2.24, 2.45) is 0 Å². The average molecular weight is 365 g/mol. The van der Waals surface area contributed by atoms with Gasteiger partial charge in [-0.15, -0.1) is 0 Å². The van der Waals surface area contributed by atoms with E-state index in [9.17, 15) is 18.3 Å². The Bertz CT molecular complexity index is 615. The zero-order chi connectivity index (χ0) is 15.6. The topological polar surface area (TPSA) is 59.2 Å². The molecule has 2 unspecified atom stereocenters. The van der Waals surface area contributed by atoms with Crippen LogP contribution < -0.4 is 0 Å². The predicted molar refractivity (Wildman–Crippen MR) is 71.7 cm³/mol. The summed E-state index contributed by atoms with van der Waals surface area (Å²) in [6.45, 7) is 1.19. The van der Waals surface area contributed by atoms with Crippen molar-refractivity contribution in [3.63, 3.8) is 0 Å². The fourth-order valence-electron chi connectivity index (χ4n) is 1.77. The molecule has 2 atom stereocenters. The zero-order valence-electron chi connectivity index (χ0n) is 10.9. The smallest absolute Gasteiger partial charge is 0.383 e. The Kier molecular flexibility index (Phi) is 4.67. The molecule has 0 aliphatic rings. The average Bonchev–Trinajstić information content (AvgIpc) is 2.84.